The Labute approximate surface area is 239 Å². The quantitative estimate of drug-likeness (QED) is 0.155. The van der Waals surface area contributed by atoms with Crippen molar-refractivity contribution in [1.29, 1.82) is 0 Å². The molecule has 0 saturated carbocycles. The number of hydrogen-bond donors (Lipinski definition) is 1. The van der Waals surface area contributed by atoms with Gasteiger partial charge in [-0.25, -0.2) is 0 Å². The highest BCUT2D eigenvalue weighted by Crippen LogP contribution is 2.42. The maximum absolute atomic E-state index is 13.6. The summed E-state index contributed by atoms with van der Waals surface area (Å²) in [5.41, 5.74) is 2.40. The fraction of sp³-hybridized carbons (Fsp3) is 0.206. The second kappa shape index (κ2) is 11.3. The van der Waals surface area contributed by atoms with Gasteiger partial charge in [0.25, 0.3) is 11.7 Å². The molecule has 1 fully saturated rings. The van der Waals surface area contributed by atoms with Crippen LogP contribution in [0.15, 0.2) is 103 Å². The average Bonchev–Trinajstić information content (AvgIpc) is 3.22. The number of carbonyl (C=O) groups is 2. The molecular formula is C34H32N2O5. The number of likely N-dealkylation sites (tertiary alicyclic amines) is 1. The fourth-order valence-corrected chi connectivity index (χ4v) is 5.05. The Balaban J connectivity index is 1.65. The number of pyridine rings is 1. The first-order valence-electron chi connectivity index (χ1n) is 13.4. The monoisotopic (exact) mass is 548 g/mol. The van der Waals surface area contributed by atoms with Crippen molar-refractivity contribution in [3.8, 4) is 17.2 Å². The van der Waals surface area contributed by atoms with Gasteiger partial charge in [-0.05, 0) is 65.1 Å². The molecule has 1 N–H and O–H groups in total. The van der Waals surface area contributed by atoms with Crippen molar-refractivity contribution in [2.75, 3.05) is 7.11 Å². The number of aliphatic hydroxyl groups excluding tert-OH is 1. The van der Waals surface area contributed by atoms with E-state index in [4.69, 9.17) is 9.47 Å². The first-order valence-corrected chi connectivity index (χ1v) is 13.4. The van der Waals surface area contributed by atoms with Crippen molar-refractivity contribution in [3.63, 3.8) is 0 Å². The molecule has 1 unspecified atom stereocenters. The summed E-state index contributed by atoms with van der Waals surface area (Å²) in [6.07, 6.45) is 3.31. The third-order valence-electron chi connectivity index (χ3n) is 7.05. The summed E-state index contributed by atoms with van der Waals surface area (Å²) in [5.74, 6) is 0.179. The smallest absolute Gasteiger partial charge is 0.295 e. The van der Waals surface area contributed by atoms with Gasteiger partial charge < -0.3 is 19.5 Å². The Morgan fingerprint density at radius 3 is 2.37 bits per heavy atom. The molecule has 1 amide bonds. The molecule has 1 atom stereocenters. The molecule has 1 aromatic heterocycles. The van der Waals surface area contributed by atoms with Crippen LogP contribution in [0.3, 0.4) is 0 Å². The SMILES string of the molecule is COc1ccc(/C(O)=C2\C(=O)C(=O)N(Cc3cccnc3)C2c2cccc(Oc3ccccc3)c2)cc1C(C)(C)C. The van der Waals surface area contributed by atoms with Gasteiger partial charge in [0.15, 0.2) is 0 Å². The Bertz CT molecular complexity index is 1610. The summed E-state index contributed by atoms with van der Waals surface area (Å²) in [5, 5.41) is 11.7. The van der Waals surface area contributed by atoms with Crippen LogP contribution in [-0.4, -0.2) is 33.8 Å². The molecule has 0 radical (unpaired) electrons. The highest BCUT2D eigenvalue weighted by molar-refractivity contribution is 6.46. The van der Waals surface area contributed by atoms with E-state index >= 15 is 0 Å². The van der Waals surface area contributed by atoms with Crippen molar-refractivity contribution in [1.82, 2.24) is 9.88 Å². The van der Waals surface area contributed by atoms with Gasteiger partial charge in [-0.3, -0.25) is 14.6 Å². The number of Topliss-reactive ketones (excluding diaryl/α,β-unsaturated/α-hetero) is 1. The zero-order chi connectivity index (χ0) is 29.1. The molecule has 0 bridgehead atoms. The second-order valence-corrected chi connectivity index (χ2v) is 10.9. The highest BCUT2D eigenvalue weighted by atomic mass is 16.5. The Kier molecular flexibility index (Phi) is 7.62. The molecule has 1 aliphatic rings. The maximum Gasteiger partial charge on any atom is 0.295 e. The van der Waals surface area contributed by atoms with E-state index in [1.807, 2.05) is 81.4 Å². The zero-order valence-corrected chi connectivity index (χ0v) is 23.5. The van der Waals surface area contributed by atoms with Crippen LogP contribution >= 0.6 is 0 Å². The maximum atomic E-state index is 13.6. The summed E-state index contributed by atoms with van der Waals surface area (Å²) in [4.78, 5) is 32.7. The van der Waals surface area contributed by atoms with Gasteiger partial charge in [0.1, 0.15) is 23.0 Å². The molecule has 0 spiro atoms. The molecule has 7 heteroatoms. The van der Waals surface area contributed by atoms with E-state index in [1.165, 1.54) is 4.90 Å². The topological polar surface area (TPSA) is 89.0 Å². The van der Waals surface area contributed by atoms with Gasteiger partial charge in [-0.2, -0.15) is 0 Å². The van der Waals surface area contributed by atoms with Crippen LogP contribution in [-0.2, 0) is 21.5 Å². The molecule has 208 valence electrons. The van der Waals surface area contributed by atoms with Gasteiger partial charge in [0.2, 0.25) is 0 Å². The van der Waals surface area contributed by atoms with Crippen LogP contribution in [0.25, 0.3) is 5.76 Å². The van der Waals surface area contributed by atoms with Gasteiger partial charge in [-0.1, -0.05) is 57.2 Å². The summed E-state index contributed by atoms with van der Waals surface area (Å²) < 4.78 is 11.6. The Morgan fingerprint density at radius 2 is 1.68 bits per heavy atom. The van der Waals surface area contributed by atoms with Gasteiger partial charge >= 0.3 is 0 Å². The minimum atomic E-state index is -0.852. The van der Waals surface area contributed by atoms with E-state index in [1.54, 1.807) is 43.8 Å². The molecular weight excluding hydrogens is 516 g/mol. The Morgan fingerprint density at radius 1 is 0.927 bits per heavy atom. The molecule has 1 saturated heterocycles. The van der Waals surface area contributed by atoms with E-state index in [2.05, 4.69) is 4.98 Å². The van der Waals surface area contributed by atoms with Crippen LogP contribution in [0.1, 0.15) is 49.1 Å². The standard InChI is InChI=1S/C34H32N2O5/c1-34(2,3)27-19-24(15-16-28(27)40-4)31(37)29-30(36(33(39)32(29)38)21-22-10-9-17-35-20-22)23-11-8-14-26(18-23)41-25-12-6-5-7-13-25/h5-20,30,37H,21H2,1-4H3/b31-29+. The van der Waals surface area contributed by atoms with Crippen LogP contribution < -0.4 is 9.47 Å². The molecule has 5 rings (SSSR count). The lowest BCUT2D eigenvalue weighted by molar-refractivity contribution is -0.140. The van der Waals surface area contributed by atoms with Crippen molar-refractivity contribution in [3.05, 3.63) is 125 Å². The minimum absolute atomic E-state index is 0.0146. The first-order chi connectivity index (χ1) is 19.7. The lowest BCUT2D eigenvalue weighted by Gasteiger charge is -2.26. The van der Waals surface area contributed by atoms with Crippen molar-refractivity contribution in [2.24, 2.45) is 0 Å². The van der Waals surface area contributed by atoms with Crippen LogP contribution in [0.2, 0.25) is 0 Å². The largest absolute Gasteiger partial charge is 0.507 e. The lowest BCUT2D eigenvalue weighted by atomic mass is 9.84. The number of rotatable bonds is 7. The third-order valence-corrected chi connectivity index (χ3v) is 7.05. The van der Waals surface area contributed by atoms with Crippen molar-refractivity contribution >= 4 is 17.4 Å². The number of aromatic nitrogens is 1. The molecule has 41 heavy (non-hydrogen) atoms. The van der Waals surface area contributed by atoms with E-state index in [-0.39, 0.29) is 23.3 Å². The van der Waals surface area contributed by atoms with E-state index in [0.717, 1.165) is 11.1 Å². The number of carbonyl (C=O) groups excluding carboxylic acids is 2. The van der Waals surface area contributed by atoms with Crippen molar-refractivity contribution in [2.45, 2.75) is 38.8 Å². The summed E-state index contributed by atoms with van der Waals surface area (Å²) >= 11 is 0. The van der Waals surface area contributed by atoms with Gasteiger partial charge in [-0.15, -0.1) is 0 Å². The number of para-hydroxylation sites is 1. The summed E-state index contributed by atoms with van der Waals surface area (Å²) in [6.45, 7) is 6.26. The van der Waals surface area contributed by atoms with E-state index in [0.29, 0.717) is 28.4 Å². The highest BCUT2D eigenvalue weighted by Gasteiger charge is 2.46. The van der Waals surface area contributed by atoms with Crippen molar-refractivity contribution < 1.29 is 24.2 Å². The average molecular weight is 549 g/mol. The fourth-order valence-electron chi connectivity index (χ4n) is 5.05. The third kappa shape index (κ3) is 5.70. The number of nitrogens with zero attached hydrogens (tertiary/aromatic N) is 2. The molecule has 0 aliphatic carbocycles. The van der Waals surface area contributed by atoms with Gasteiger partial charge in [0.05, 0.1) is 18.7 Å². The number of methoxy groups -OCH3 is 1. The number of amides is 1. The van der Waals surface area contributed by atoms with Gasteiger partial charge in [0, 0.05) is 30.1 Å². The van der Waals surface area contributed by atoms with Crippen LogP contribution in [0.4, 0.5) is 0 Å². The zero-order valence-electron chi connectivity index (χ0n) is 23.5. The molecule has 2 heterocycles. The first kappa shape index (κ1) is 27.6. The number of aliphatic hydroxyl groups is 1. The number of ketones is 1. The summed E-state index contributed by atoms with van der Waals surface area (Å²) in [7, 11) is 1.60. The number of benzene rings is 3. The normalized spacial score (nSPS) is 16.6. The van der Waals surface area contributed by atoms with Crippen LogP contribution in [0, 0.1) is 0 Å². The molecule has 4 aromatic rings. The molecule has 7 nitrogen and oxygen atoms in total. The lowest BCUT2D eigenvalue weighted by Crippen LogP contribution is -2.29. The Hall–Kier alpha value is -4.91. The van der Waals surface area contributed by atoms with E-state index in [9.17, 15) is 14.7 Å². The number of hydrogen-bond acceptors (Lipinski definition) is 6. The second-order valence-electron chi connectivity index (χ2n) is 10.9. The molecule has 3 aromatic carbocycles. The minimum Gasteiger partial charge on any atom is -0.507 e. The predicted octanol–water partition coefficient (Wildman–Crippen LogP) is 6.80. The van der Waals surface area contributed by atoms with E-state index < -0.39 is 17.7 Å². The number of ether oxygens (including phenoxy) is 2. The predicted molar refractivity (Wildman–Crippen MR) is 157 cm³/mol. The van der Waals surface area contributed by atoms with Crippen LogP contribution in [0.5, 0.6) is 17.2 Å². The summed E-state index contributed by atoms with van der Waals surface area (Å²) in [6, 6.07) is 24.6. The molecule has 1 aliphatic heterocycles.